The summed E-state index contributed by atoms with van der Waals surface area (Å²) in [7, 11) is 6.10. The van der Waals surface area contributed by atoms with Gasteiger partial charge in [0.25, 0.3) is 0 Å². The topological polar surface area (TPSA) is 313 Å². The number of phenols is 2. The van der Waals surface area contributed by atoms with Crippen LogP contribution >= 0.6 is 0 Å². The van der Waals surface area contributed by atoms with Crippen LogP contribution < -0.4 is 11.5 Å². The molecule has 4 saturated carbocycles. The van der Waals surface area contributed by atoms with E-state index in [0.717, 1.165) is 0 Å². The molecule has 2 aromatic rings. The highest BCUT2D eigenvalue weighted by atomic mass is 16.3. The Balaban J connectivity index is 0.960. The van der Waals surface area contributed by atoms with Gasteiger partial charge in [0, 0.05) is 35.8 Å². The Labute approximate surface area is 390 Å². The van der Waals surface area contributed by atoms with Crippen molar-refractivity contribution in [3.63, 3.8) is 0 Å². The maximum absolute atomic E-state index is 14.1. The second-order valence-corrected chi connectivity index (χ2v) is 19.5. The zero-order chi connectivity index (χ0) is 49.6. The highest BCUT2D eigenvalue weighted by Gasteiger charge is 2.71. The van der Waals surface area contributed by atoms with E-state index in [0.29, 0.717) is 47.9 Å². The first-order chi connectivity index (χ1) is 32.0. The van der Waals surface area contributed by atoms with Crippen molar-refractivity contribution < 1.29 is 68.7 Å². The Kier molecular flexibility index (Phi) is 12.3. The molecule has 9 N–H and O–H groups in total. The third kappa shape index (κ3) is 7.07. The lowest BCUT2D eigenvalue weighted by Gasteiger charge is -2.53. The number of aliphatic hydroxyl groups excluding tert-OH is 1. The number of nitrogens with two attached hydrogens (primary N) is 2. The van der Waals surface area contributed by atoms with E-state index in [1.807, 2.05) is 0 Å². The summed E-state index contributed by atoms with van der Waals surface area (Å²) >= 11 is 0. The molecule has 1 amide bonds. The van der Waals surface area contributed by atoms with Gasteiger partial charge in [0.05, 0.1) is 35.0 Å². The number of phenolic OH excluding ortho intramolecular Hbond substituents is 2. The van der Waals surface area contributed by atoms with Crippen molar-refractivity contribution in [1.82, 2.24) is 9.80 Å². The first-order valence-electron chi connectivity index (χ1n) is 22.5. The number of hydrogen-bond donors (Lipinski definition) is 7. The number of unbranched alkanes of at least 4 members (excludes halogenated alkanes) is 3. The van der Waals surface area contributed by atoms with E-state index in [9.17, 15) is 68.7 Å². The number of benzene rings is 2. The SMILES string of the molecule is CN(C)[C@@H]1C(=O)C(C(N)=O)C(=O)[C@@]2(O)C(=O)C3C(=O)c4c(O)ccc(C#CCCCCC#Cc5ccc(O)c6c5C[C@H]5C[C@H]7[C@H](N(C)C)C(=O)C(C(N)O)C(=O)[C@@]7(O)C(=O)C5C6=O)c4C[C@H]3C[C@@H]12. The van der Waals surface area contributed by atoms with E-state index < -0.39 is 141 Å². The van der Waals surface area contributed by atoms with Crippen LogP contribution in [0.4, 0.5) is 0 Å². The molecule has 68 heavy (non-hydrogen) atoms. The molecule has 356 valence electrons. The molecule has 0 radical (unpaired) electrons. The smallest absolute Gasteiger partial charge is 0.235 e. The lowest BCUT2D eigenvalue weighted by Crippen LogP contribution is -2.74. The number of rotatable bonds is 7. The van der Waals surface area contributed by atoms with Crippen LogP contribution in [0.3, 0.4) is 0 Å². The van der Waals surface area contributed by atoms with Gasteiger partial charge in [-0.3, -0.25) is 53.0 Å². The van der Waals surface area contributed by atoms with Crippen LogP contribution in [0.15, 0.2) is 24.3 Å². The molecule has 0 heterocycles. The predicted octanol–water partition coefficient (Wildman–Crippen LogP) is -1.20. The molecular weight excluding hydrogens is 881 g/mol. The van der Waals surface area contributed by atoms with Gasteiger partial charge in [-0.2, -0.15) is 0 Å². The molecule has 6 aliphatic rings. The van der Waals surface area contributed by atoms with Crippen LogP contribution in [0.25, 0.3) is 0 Å². The number of nitrogens with zero attached hydrogens (tertiary/aromatic N) is 2. The van der Waals surface area contributed by atoms with E-state index in [-0.39, 0.29) is 36.8 Å². The number of primary amides is 1. The minimum Gasteiger partial charge on any atom is -0.507 e. The van der Waals surface area contributed by atoms with Gasteiger partial charge in [-0.1, -0.05) is 23.7 Å². The number of amides is 1. The Hall–Kier alpha value is -6.25. The third-order valence-electron chi connectivity index (χ3n) is 15.3. The lowest BCUT2D eigenvalue weighted by molar-refractivity contribution is -0.185. The van der Waals surface area contributed by atoms with Gasteiger partial charge in [0.15, 0.2) is 63.4 Å². The van der Waals surface area contributed by atoms with Crippen molar-refractivity contribution in [1.29, 1.82) is 0 Å². The van der Waals surface area contributed by atoms with Gasteiger partial charge in [-0.15, -0.1) is 0 Å². The molecule has 0 aromatic heterocycles. The molecule has 8 rings (SSSR count). The van der Waals surface area contributed by atoms with Crippen LogP contribution in [-0.4, -0.2) is 145 Å². The predicted molar refractivity (Wildman–Crippen MR) is 236 cm³/mol. The minimum atomic E-state index is -2.83. The van der Waals surface area contributed by atoms with Crippen LogP contribution in [0.5, 0.6) is 11.5 Å². The van der Waals surface area contributed by atoms with Crippen molar-refractivity contribution in [3.8, 4) is 35.2 Å². The van der Waals surface area contributed by atoms with E-state index in [4.69, 9.17) is 11.5 Å². The Bertz CT molecular complexity index is 2770. The molecule has 6 aliphatic carbocycles. The van der Waals surface area contributed by atoms with E-state index in [1.165, 1.54) is 50.1 Å². The van der Waals surface area contributed by atoms with E-state index in [1.54, 1.807) is 12.1 Å². The molecule has 0 bridgehead atoms. The maximum Gasteiger partial charge on any atom is 0.235 e. The number of carbonyl (C=O) groups is 9. The summed E-state index contributed by atoms with van der Waals surface area (Å²) in [5.41, 5.74) is 6.78. The molecule has 2 aromatic carbocycles. The van der Waals surface area contributed by atoms with Crippen molar-refractivity contribution in [2.45, 2.75) is 80.9 Å². The van der Waals surface area contributed by atoms with Gasteiger partial charge < -0.3 is 37.0 Å². The maximum atomic E-state index is 14.1. The van der Waals surface area contributed by atoms with Crippen molar-refractivity contribution >= 4 is 52.2 Å². The van der Waals surface area contributed by atoms with Gasteiger partial charge in [-0.25, -0.2) is 0 Å². The normalized spacial score (nSPS) is 33.3. The first-order valence-corrected chi connectivity index (χ1v) is 22.5. The van der Waals surface area contributed by atoms with Gasteiger partial charge >= 0.3 is 0 Å². The van der Waals surface area contributed by atoms with Crippen LogP contribution in [0, 0.1) is 71.0 Å². The average molecular weight is 933 g/mol. The molecule has 18 nitrogen and oxygen atoms in total. The number of fused-ring (bicyclic) bond motifs is 6. The third-order valence-corrected chi connectivity index (χ3v) is 15.3. The van der Waals surface area contributed by atoms with Crippen molar-refractivity contribution in [2.75, 3.05) is 28.2 Å². The summed E-state index contributed by atoms with van der Waals surface area (Å²) in [5.74, 6) is -8.65. The Morgan fingerprint density at radius 2 is 1.09 bits per heavy atom. The quantitative estimate of drug-likeness (QED) is 0.0743. The molecule has 4 fully saturated rings. The fourth-order valence-electron chi connectivity index (χ4n) is 12.3. The largest absolute Gasteiger partial charge is 0.507 e. The van der Waals surface area contributed by atoms with Crippen LogP contribution in [-0.2, 0) is 46.4 Å². The second kappa shape index (κ2) is 17.4. The average Bonchev–Trinajstić information content (AvgIpc) is 3.25. The number of carbonyl (C=O) groups excluding carboxylic acids is 9. The number of ketones is 8. The second-order valence-electron chi connectivity index (χ2n) is 19.5. The zero-order valence-electron chi connectivity index (χ0n) is 37.8. The summed E-state index contributed by atoms with van der Waals surface area (Å²) in [5, 5.41) is 55.5. The van der Waals surface area contributed by atoms with Gasteiger partial charge in [0.1, 0.15) is 23.6 Å². The number of aromatic hydroxyl groups is 2. The molecule has 18 heteroatoms. The number of hydrogen-bond acceptors (Lipinski definition) is 17. The van der Waals surface area contributed by atoms with E-state index in [2.05, 4.69) is 23.7 Å². The van der Waals surface area contributed by atoms with Crippen LogP contribution in [0.2, 0.25) is 0 Å². The number of aliphatic hydroxyl groups is 3. The summed E-state index contributed by atoms with van der Waals surface area (Å²) in [6, 6.07) is 3.30. The Morgan fingerprint density at radius 3 is 1.49 bits per heavy atom. The monoisotopic (exact) mass is 932 g/mol. The molecular formula is C50H52N4O14. The highest BCUT2D eigenvalue weighted by Crippen LogP contribution is 2.53. The molecule has 5 unspecified atom stereocenters. The van der Waals surface area contributed by atoms with Crippen molar-refractivity contribution in [3.05, 3.63) is 57.6 Å². The summed E-state index contributed by atoms with van der Waals surface area (Å²) in [6.45, 7) is 0. The minimum absolute atomic E-state index is 0.0637. The summed E-state index contributed by atoms with van der Waals surface area (Å²) in [6.07, 6.45) is 0.0173. The molecule has 0 aliphatic heterocycles. The summed E-state index contributed by atoms with van der Waals surface area (Å²) in [4.78, 5) is 125. The fraction of sp³-hybridized carbons (Fsp3) is 0.500. The van der Waals surface area contributed by atoms with Gasteiger partial charge in [0.2, 0.25) is 5.91 Å². The van der Waals surface area contributed by atoms with Gasteiger partial charge in [-0.05, 0) is 114 Å². The first kappa shape index (κ1) is 48.2. The highest BCUT2D eigenvalue weighted by molar-refractivity contribution is 6.32. The number of Topliss-reactive ketones (excluding diaryl/α,β-unsaturated/α-hetero) is 8. The lowest BCUT2D eigenvalue weighted by atomic mass is 9.52. The molecule has 0 saturated heterocycles. The molecule has 0 spiro atoms. The van der Waals surface area contributed by atoms with Crippen molar-refractivity contribution in [2.24, 2.45) is 58.8 Å². The fourth-order valence-corrected chi connectivity index (χ4v) is 12.3. The standard InChI is InChI=1S/C50H52N4O14/c1-53(2)37-27-19-23-17-25-21(13-15-29(55)33(25)39(57)31(23)43(61)49(27,67)45(63)35(41(37)59)47(51)65)11-9-7-5-6-8-10-12-22-14-16-30(56)34-26(22)18-24-20-28-38(54(3)4)42(60)36(48(52)66)46(64)50(28,68)44(62)32(24)40(34)58/h13-16,23-24,27-28,31-32,35-38,47,55-56,65,67-68H,5-8,17-20,51H2,1-4H3,(H2,52,66)/t23-,24-,27-,28-,31?,32?,35?,36?,37-,38-,47?,49-,50-/m0/s1. The summed E-state index contributed by atoms with van der Waals surface area (Å²) < 4.78 is 0. The number of likely N-dealkylation sites (N-methyl/N-ethyl adjacent to an activating group) is 2. The molecule has 13 atom stereocenters. The van der Waals surface area contributed by atoms with E-state index >= 15 is 0 Å². The zero-order valence-corrected chi connectivity index (χ0v) is 37.8. The van der Waals surface area contributed by atoms with Crippen LogP contribution in [0.1, 0.15) is 81.5 Å². The Morgan fingerprint density at radius 1 is 0.676 bits per heavy atom.